The van der Waals surface area contributed by atoms with Gasteiger partial charge in [0.1, 0.15) is 0 Å². The van der Waals surface area contributed by atoms with E-state index in [1.807, 2.05) is 0 Å². The Hall–Kier alpha value is -0.240. The molecule has 0 radical (unpaired) electrons. The van der Waals surface area contributed by atoms with E-state index in [1.54, 1.807) is 0 Å². The lowest BCUT2D eigenvalue weighted by Crippen LogP contribution is -2.40. The number of hydrogen-bond donors (Lipinski definition) is 1. The zero-order valence-electron chi connectivity index (χ0n) is 11.9. The standard InChI is InChI=1S/C15H28ClNO/c1-3-15(4-2,11-16)12-17-14(18)13-9-7-5-6-8-10-13/h13H,3-12H2,1-2H3,(H,17,18). The van der Waals surface area contributed by atoms with E-state index in [-0.39, 0.29) is 17.2 Å². The molecule has 1 aliphatic carbocycles. The summed E-state index contributed by atoms with van der Waals surface area (Å²) in [6.07, 6.45) is 9.19. The van der Waals surface area contributed by atoms with Crippen LogP contribution in [0.2, 0.25) is 0 Å². The second kappa shape index (κ2) is 8.04. The van der Waals surface area contributed by atoms with E-state index in [9.17, 15) is 4.79 Å². The Kier molecular flexibility index (Phi) is 7.06. The summed E-state index contributed by atoms with van der Waals surface area (Å²) >= 11 is 6.07. The summed E-state index contributed by atoms with van der Waals surface area (Å²) in [6, 6.07) is 0. The molecule has 3 heteroatoms. The molecule has 106 valence electrons. The van der Waals surface area contributed by atoms with Crippen LogP contribution in [0.3, 0.4) is 0 Å². The number of nitrogens with one attached hydrogen (secondary N) is 1. The van der Waals surface area contributed by atoms with E-state index in [0.717, 1.165) is 32.2 Å². The molecule has 0 heterocycles. The van der Waals surface area contributed by atoms with Crippen LogP contribution >= 0.6 is 11.6 Å². The van der Waals surface area contributed by atoms with Crippen molar-refractivity contribution >= 4 is 17.5 Å². The Morgan fingerprint density at radius 2 is 1.72 bits per heavy atom. The van der Waals surface area contributed by atoms with E-state index >= 15 is 0 Å². The number of halogens is 1. The fourth-order valence-corrected chi connectivity index (χ4v) is 3.17. The van der Waals surface area contributed by atoms with Gasteiger partial charge in [-0.15, -0.1) is 11.6 Å². The summed E-state index contributed by atoms with van der Waals surface area (Å²) in [5.41, 5.74) is 0.0853. The maximum Gasteiger partial charge on any atom is 0.223 e. The largest absolute Gasteiger partial charge is 0.355 e. The molecule has 0 saturated heterocycles. The van der Waals surface area contributed by atoms with Crippen LogP contribution in [-0.2, 0) is 4.79 Å². The minimum atomic E-state index is 0.0853. The highest BCUT2D eigenvalue weighted by atomic mass is 35.5. The number of amides is 1. The van der Waals surface area contributed by atoms with Gasteiger partial charge in [-0.3, -0.25) is 4.79 Å². The lowest BCUT2D eigenvalue weighted by atomic mass is 9.84. The van der Waals surface area contributed by atoms with Gasteiger partial charge in [-0.25, -0.2) is 0 Å². The van der Waals surface area contributed by atoms with Gasteiger partial charge in [-0.1, -0.05) is 39.5 Å². The highest BCUT2D eigenvalue weighted by molar-refractivity contribution is 6.18. The molecule has 2 nitrogen and oxygen atoms in total. The van der Waals surface area contributed by atoms with Crippen LogP contribution in [0, 0.1) is 11.3 Å². The molecule has 0 atom stereocenters. The molecule has 1 rings (SSSR count). The minimum Gasteiger partial charge on any atom is -0.355 e. The fraction of sp³-hybridized carbons (Fsp3) is 0.933. The van der Waals surface area contributed by atoms with Gasteiger partial charge in [-0.05, 0) is 25.7 Å². The quantitative estimate of drug-likeness (QED) is 0.572. The smallest absolute Gasteiger partial charge is 0.223 e. The van der Waals surface area contributed by atoms with E-state index in [4.69, 9.17) is 11.6 Å². The summed E-state index contributed by atoms with van der Waals surface area (Å²) in [7, 11) is 0. The second-order valence-electron chi connectivity index (χ2n) is 5.75. The summed E-state index contributed by atoms with van der Waals surface area (Å²) in [6.45, 7) is 5.05. The molecule has 0 aliphatic heterocycles. The number of carbonyl (C=O) groups excluding carboxylic acids is 1. The summed E-state index contributed by atoms with van der Waals surface area (Å²) in [5, 5.41) is 3.15. The van der Waals surface area contributed by atoms with E-state index < -0.39 is 0 Å². The summed E-state index contributed by atoms with van der Waals surface area (Å²) < 4.78 is 0. The maximum atomic E-state index is 12.2. The van der Waals surface area contributed by atoms with E-state index in [0.29, 0.717) is 5.88 Å². The monoisotopic (exact) mass is 273 g/mol. The zero-order chi connectivity index (χ0) is 13.4. The first-order valence-electron chi connectivity index (χ1n) is 7.51. The van der Waals surface area contributed by atoms with Gasteiger partial charge in [0.25, 0.3) is 0 Å². The molecule has 1 saturated carbocycles. The van der Waals surface area contributed by atoms with Crippen molar-refractivity contribution in [3.63, 3.8) is 0 Å². The molecular weight excluding hydrogens is 246 g/mol. The van der Waals surface area contributed by atoms with E-state index in [2.05, 4.69) is 19.2 Å². The van der Waals surface area contributed by atoms with Gasteiger partial charge < -0.3 is 5.32 Å². The second-order valence-corrected chi connectivity index (χ2v) is 6.01. The van der Waals surface area contributed by atoms with Crippen LogP contribution in [0.5, 0.6) is 0 Å². The average Bonchev–Trinajstić information content (AvgIpc) is 2.69. The predicted octanol–water partition coefficient (Wildman–Crippen LogP) is 4.12. The molecular formula is C15H28ClNO. The topological polar surface area (TPSA) is 29.1 Å². The third kappa shape index (κ3) is 4.46. The van der Waals surface area contributed by atoms with Crippen molar-refractivity contribution in [2.24, 2.45) is 11.3 Å². The fourth-order valence-electron chi connectivity index (χ4n) is 2.70. The van der Waals surface area contributed by atoms with Gasteiger partial charge in [0, 0.05) is 23.8 Å². The molecule has 0 aromatic heterocycles. The molecule has 1 aliphatic rings. The molecule has 0 aromatic rings. The van der Waals surface area contributed by atoms with Gasteiger partial charge in [0.05, 0.1) is 0 Å². The molecule has 1 fully saturated rings. The molecule has 0 spiro atoms. The van der Waals surface area contributed by atoms with Crippen molar-refractivity contribution in [2.45, 2.75) is 65.2 Å². The Balaban J connectivity index is 2.43. The normalized spacial score (nSPS) is 18.4. The third-order valence-corrected chi connectivity index (χ3v) is 5.21. The predicted molar refractivity (Wildman–Crippen MR) is 77.9 cm³/mol. The van der Waals surface area contributed by atoms with Gasteiger partial charge in [0.2, 0.25) is 5.91 Å². The SMILES string of the molecule is CCC(CC)(CCl)CNC(=O)C1CCCCCC1. The lowest BCUT2D eigenvalue weighted by molar-refractivity contribution is -0.125. The maximum absolute atomic E-state index is 12.2. The van der Waals surface area contributed by atoms with Crippen molar-refractivity contribution in [3.8, 4) is 0 Å². The van der Waals surface area contributed by atoms with Crippen molar-refractivity contribution in [3.05, 3.63) is 0 Å². The lowest BCUT2D eigenvalue weighted by Gasteiger charge is -2.30. The number of carbonyl (C=O) groups is 1. The minimum absolute atomic E-state index is 0.0853. The number of alkyl halides is 1. The van der Waals surface area contributed by atoms with Crippen LogP contribution in [0.15, 0.2) is 0 Å². The Bertz CT molecular complexity index is 235. The highest BCUT2D eigenvalue weighted by Crippen LogP contribution is 2.28. The Labute approximate surface area is 117 Å². The first-order chi connectivity index (χ1) is 8.67. The van der Waals surface area contributed by atoms with Gasteiger partial charge in [0.15, 0.2) is 0 Å². The number of hydrogen-bond acceptors (Lipinski definition) is 1. The van der Waals surface area contributed by atoms with Gasteiger partial charge >= 0.3 is 0 Å². The Morgan fingerprint density at radius 3 is 2.17 bits per heavy atom. The summed E-state index contributed by atoms with van der Waals surface area (Å²) in [4.78, 5) is 12.2. The van der Waals surface area contributed by atoms with E-state index in [1.165, 1.54) is 25.7 Å². The van der Waals surface area contributed by atoms with Crippen molar-refractivity contribution in [1.29, 1.82) is 0 Å². The highest BCUT2D eigenvalue weighted by Gasteiger charge is 2.27. The van der Waals surface area contributed by atoms with Crippen LogP contribution in [-0.4, -0.2) is 18.3 Å². The molecule has 0 unspecified atom stereocenters. The zero-order valence-corrected chi connectivity index (χ0v) is 12.7. The molecule has 0 bridgehead atoms. The van der Waals surface area contributed by atoms with Crippen LogP contribution < -0.4 is 5.32 Å². The van der Waals surface area contributed by atoms with Crippen molar-refractivity contribution < 1.29 is 4.79 Å². The Morgan fingerprint density at radius 1 is 1.17 bits per heavy atom. The molecule has 0 aromatic carbocycles. The van der Waals surface area contributed by atoms with Crippen LogP contribution in [0.4, 0.5) is 0 Å². The molecule has 18 heavy (non-hydrogen) atoms. The van der Waals surface area contributed by atoms with Crippen molar-refractivity contribution in [2.75, 3.05) is 12.4 Å². The van der Waals surface area contributed by atoms with Crippen molar-refractivity contribution in [1.82, 2.24) is 5.32 Å². The third-order valence-electron chi connectivity index (χ3n) is 4.65. The van der Waals surface area contributed by atoms with Crippen LogP contribution in [0.1, 0.15) is 65.2 Å². The van der Waals surface area contributed by atoms with Crippen LogP contribution in [0.25, 0.3) is 0 Å². The molecule has 1 amide bonds. The van der Waals surface area contributed by atoms with Gasteiger partial charge in [-0.2, -0.15) is 0 Å². The first-order valence-corrected chi connectivity index (χ1v) is 8.04. The molecule has 1 N–H and O–H groups in total. The summed E-state index contributed by atoms with van der Waals surface area (Å²) in [5.74, 6) is 1.13. The first kappa shape index (κ1) is 15.8. The number of rotatable bonds is 6. The average molecular weight is 274 g/mol.